The van der Waals surface area contributed by atoms with Gasteiger partial charge in [0, 0.05) is 41.0 Å². The van der Waals surface area contributed by atoms with Crippen molar-refractivity contribution in [2.45, 2.75) is 6.92 Å². The van der Waals surface area contributed by atoms with Gasteiger partial charge in [-0.25, -0.2) is 14.4 Å². The first-order valence-corrected chi connectivity index (χ1v) is 9.03. The van der Waals surface area contributed by atoms with Gasteiger partial charge in [0.15, 0.2) is 5.82 Å². The average Bonchev–Trinajstić information content (AvgIpc) is 2.77. The Morgan fingerprint density at radius 3 is 2.45 bits per heavy atom. The second-order valence-corrected chi connectivity index (χ2v) is 6.42. The van der Waals surface area contributed by atoms with Crippen molar-refractivity contribution in [3.63, 3.8) is 0 Å². The summed E-state index contributed by atoms with van der Waals surface area (Å²) in [6.07, 6.45) is 4.77. The molecule has 1 amide bonds. The highest BCUT2D eigenvalue weighted by Crippen LogP contribution is 2.26. The van der Waals surface area contributed by atoms with E-state index in [1.807, 2.05) is 30.3 Å². The molecule has 0 aliphatic heterocycles. The third-order valence-electron chi connectivity index (χ3n) is 4.54. The Morgan fingerprint density at radius 1 is 0.931 bits per heavy atom. The fourth-order valence-corrected chi connectivity index (χ4v) is 2.94. The molecule has 0 radical (unpaired) electrons. The maximum Gasteiger partial charge on any atom is 0.259 e. The first-order chi connectivity index (χ1) is 14.1. The van der Waals surface area contributed by atoms with Gasteiger partial charge < -0.3 is 5.32 Å². The van der Waals surface area contributed by atoms with Gasteiger partial charge in [0.2, 0.25) is 0 Å². The van der Waals surface area contributed by atoms with E-state index in [1.165, 1.54) is 12.3 Å². The Bertz CT molecular complexity index is 1160. The second-order valence-electron chi connectivity index (χ2n) is 6.42. The van der Waals surface area contributed by atoms with Crippen LogP contribution >= 0.6 is 0 Å². The zero-order valence-electron chi connectivity index (χ0n) is 15.6. The maximum atomic E-state index is 13.8. The Hall–Kier alpha value is -3.93. The molecule has 5 nitrogen and oxygen atoms in total. The molecule has 29 heavy (non-hydrogen) atoms. The van der Waals surface area contributed by atoms with Gasteiger partial charge in [0.05, 0.1) is 11.3 Å². The molecule has 0 bridgehead atoms. The average molecular weight is 384 g/mol. The highest BCUT2D eigenvalue weighted by atomic mass is 19.1. The van der Waals surface area contributed by atoms with Crippen molar-refractivity contribution in [3.8, 4) is 22.6 Å². The number of aromatic nitrogens is 3. The first kappa shape index (κ1) is 18.4. The summed E-state index contributed by atoms with van der Waals surface area (Å²) >= 11 is 0. The lowest BCUT2D eigenvalue weighted by atomic mass is 10.1. The van der Waals surface area contributed by atoms with Crippen LogP contribution in [0.1, 0.15) is 15.9 Å². The van der Waals surface area contributed by atoms with E-state index < -0.39 is 5.91 Å². The van der Waals surface area contributed by atoms with Gasteiger partial charge in [-0.2, -0.15) is 0 Å². The number of carbonyl (C=O) groups is 1. The minimum Gasteiger partial charge on any atom is -0.322 e. The highest BCUT2D eigenvalue weighted by Gasteiger charge is 2.18. The fraction of sp³-hybridized carbons (Fsp3) is 0.0435. The van der Waals surface area contributed by atoms with Gasteiger partial charge >= 0.3 is 0 Å². The molecule has 0 atom stereocenters. The molecular formula is C23H17FN4O. The molecule has 4 aromatic rings. The summed E-state index contributed by atoms with van der Waals surface area (Å²) in [5, 5.41) is 2.76. The number of nitrogens with one attached hydrogen (secondary N) is 1. The van der Waals surface area contributed by atoms with E-state index in [0.717, 1.165) is 11.1 Å². The zero-order chi connectivity index (χ0) is 20.2. The largest absolute Gasteiger partial charge is 0.322 e. The summed E-state index contributed by atoms with van der Waals surface area (Å²) in [5.74, 6) is -0.283. The van der Waals surface area contributed by atoms with Crippen LogP contribution < -0.4 is 5.32 Å². The van der Waals surface area contributed by atoms with Crippen LogP contribution in [-0.4, -0.2) is 20.9 Å². The second kappa shape index (κ2) is 7.98. The van der Waals surface area contributed by atoms with Crippen molar-refractivity contribution in [1.29, 1.82) is 0 Å². The van der Waals surface area contributed by atoms with Gasteiger partial charge in [0.25, 0.3) is 5.91 Å². The van der Waals surface area contributed by atoms with Crippen LogP contribution in [0, 0.1) is 12.7 Å². The molecule has 0 aliphatic rings. The van der Waals surface area contributed by atoms with Crippen LogP contribution in [-0.2, 0) is 0 Å². The molecule has 0 spiro atoms. The monoisotopic (exact) mass is 384 g/mol. The van der Waals surface area contributed by atoms with E-state index in [4.69, 9.17) is 0 Å². The molecule has 6 heteroatoms. The topological polar surface area (TPSA) is 67.8 Å². The number of halogens is 1. The fourth-order valence-electron chi connectivity index (χ4n) is 2.94. The predicted molar refractivity (Wildman–Crippen MR) is 110 cm³/mol. The molecule has 142 valence electrons. The Morgan fingerprint density at radius 2 is 1.69 bits per heavy atom. The third kappa shape index (κ3) is 3.87. The normalized spacial score (nSPS) is 10.6. The van der Waals surface area contributed by atoms with Crippen LogP contribution in [0.2, 0.25) is 0 Å². The number of carbonyl (C=O) groups excluding carboxylic acids is 1. The number of hydrogen-bond acceptors (Lipinski definition) is 4. The van der Waals surface area contributed by atoms with Crippen molar-refractivity contribution in [3.05, 3.63) is 96.2 Å². The lowest BCUT2D eigenvalue weighted by Gasteiger charge is -2.12. The minimum absolute atomic E-state index is 0.291. The van der Waals surface area contributed by atoms with Crippen molar-refractivity contribution in [1.82, 2.24) is 15.0 Å². The first-order valence-electron chi connectivity index (χ1n) is 9.03. The summed E-state index contributed by atoms with van der Waals surface area (Å²) in [6.45, 7) is 1.61. The smallest absolute Gasteiger partial charge is 0.259 e. The van der Waals surface area contributed by atoms with Crippen molar-refractivity contribution >= 4 is 11.6 Å². The molecular weight excluding hydrogens is 367 g/mol. The summed E-state index contributed by atoms with van der Waals surface area (Å²) < 4.78 is 13.8. The van der Waals surface area contributed by atoms with E-state index in [-0.39, 0.29) is 5.82 Å². The van der Waals surface area contributed by atoms with Crippen molar-refractivity contribution in [2.75, 3.05) is 5.32 Å². The molecule has 0 saturated heterocycles. The molecule has 0 saturated carbocycles. The molecule has 4 rings (SSSR count). The van der Waals surface area contributed by atoms with Gasteiger partial charge in [-0.1, -0.05) is 36.4 Å². The molecule has 0 unspecified atom stereocenters. The van der Waals surface area contributed by atoms with Crippen LogP contribution in [0.15, 0.2) is 79.3 Å². The number of amides is 1. The van der Waals surface area contributed by atoms with E-state index in [2.05, 4.69) is 20.3 Å². The number of pyridine rings is 1. The molecule has 0 fully saturated rings. The third-order valence-corrected chi connectivity index (χ3v) is 4.54. The Balaban J connectivity index is 1.78. The number of nitrogens with zero attached hydrogens (tertiary/aromatic N) is 3. The SMILES string of the molecule is Cc1c(F)cccc1NC(=O)c1cnc(-c2ccccc2)nc1-c1ccncc1. The van der Waals surface area contributed by atoms with Crippen molar-refractivity contribution < 1.29 is 9.18 Å². The van der Waals surface area contributed by atoms with E-state index >= 15 is 0 Å². The van der Waals surface area contributed by atoms with E-state index in [1.54, 1.807) is 43.6 Å². The minimum atomic E-state index is -0.412. The Labute approximate surface area is 167 Å². The molecule has 2 aromatic heterocycles. The van der Waals surface area contributed by atoms with Gasteiger partial charge in [0.1, 0.15) is 5.82 Å². The molecule has 0 aliphatic carbocycles. The summed E-state index contributed by atoms with van der Waals surface area (Å²) in [5.41, 5.74) is 3.12. The van der Waals surface area contributed by atoms with Gasteiger partial charge in [-0.05, 0) is 31.2 Å². The number of benzene rings is 2. The number of anilines is 1. The molecule has 2 heterocycles. The lowest BCUT2D eigenvalue weighted by molar-refractivity contribution is 0.102. The lowest BCUT2D eigenvalue weighted by Crippen LogP contribution is -2.16. The summed E-state index contributed by atoms with van der Waals surface area (Å²) in [7, 11) is 0. The van der Waals surface area contributed by atoms with Crippen molar-refractivity contribution in [2.24, 2.45) is 0 Å². The standard InChI is InChI=1S/C23H17FN4O/c1-15-19(24)8-5-9-20(15)27-23(29)18-14-26-22(17-6-3-2-4-7-17)28-21(18)16-10-12-25-13-11-16/h2-14H,1H3,(H,27,29). The number of hydrogen-bond donors (Lipinski definition) is 1. The maximum absolute atomic E-state index is 13.8. The van der Waals surface area contributed by atoms with Crippen LogP contribution in [0.25, 0.3) is 22.6 Å². The van der Waals surface area contributed by atoms with E-state index in [9.17, 15) is 9.18 Å². The van der Waals surface area contributed by atoms with E-state index in [0.29, 0.717) is 28.3 Å². The van der Waals surface area contributed by atoms with Gasteiger partial charge in [-0.3, -0.25) is 9.78 Å². The van der Waals surface area contributed by atoms with Crippen LogP contribution in [0.5, 0.6) is 0 Å². The van der Waals surface area contributed by atoms with Crippen LogP contribution in [0.4, 0.5) is 10.1 Å². The number of rotatable bonds is 4. The highest BCUT2D eigenvalue weighted by molar-refractivity contribution is 6.08. The molecule has 2 aromatic carbocycles. The summed E-state index contributed by atoms with van der Waals surface area (Å²) in [6, 6.07) is 17.6. The Kier molecular flexibility index (Phi) is 5.07. The van der Waals surface area contributed by atoms with Crippen LogP contribution in [0.3, 0.4) is 0 Å². The quantitative estimate of drug-likeness (QED) is 0.543. The summed E-state index contributed by atoms with van der Waals surface area (Å²) in [4.78, 5) is 26.0. The zero-order valence-corrected chi connectivity index (χ0v) is 15.6. The van der Waals surface area contributed by atoms with Gasteiger partial charge in [-0.15, -0.1) is 0 Å². The molecule has 1 N–H and O–H groups in total. The predicted octanol–water partition coefficient (Wildman–Crippen LogP) is 4.91.